The molecule has 0 radical (unpaired) electrons. The topological polar surface area (TPSA) is 53.7 Å². The first-order valence-electron chi connectivity index (χ1n) is 4.41. The van der Waals surface area contributed by atoms with Gasteiger partial charge in [0.2, 0.25) is 0 Å². The van der Waals surface area contributed by atoms with Gasteiger partial charge in [0.25, 0.3) is 0 Å². The molecule has 0 bridgehead atoms. The van der Waals surface area contributed by atoms with Crippen LogP contribution in [0.1, 0.15) is 0 Å². The number of hydrogen-bond acceptors (Lipinski definition) is 4. The molecule has 6 heteroatoms. The van der Waals surface area contributed by atoms with E-state index in [1.54, 1.807) is 0 Å². The van der Waals surface area contributed by atoms with Crippen LogP contribution in [0, 0.1) is 0 Å². The minimum Gasteiger partial charge on any atom is -0.378 e. The van der Waals surface area contributed by atoms with E-state index in [1.807, 2.05) is 0 Å². The van der Waals surface area contributed by atoms with Gasteiger partial charge in [0.05, 0.1) is 39.6 Å². The summed E-state index contributed by atoms with van der Waals surface area (Å²) in [7, 11) is 0. The molecule has 0 aromatic rings. The van der Waals surface area contributed by atoms with E-state index in [1.165, 1.54) is 0 Å². The second-order valence-corrected chi connectivity index (χ2v) is 3.11. The van der Waals surface area contributed by atoms with Crippen LogP contribution in [0.3, 0.4) is 0 Å². The lowest BCUT2D eigenvalue weighted by molar-refractivity contribution is 0.0191. The van der Waals surface area contributed by atoms with Gasteiger partial charge in [-0.15, -0.1) is 17.0 Å². The maximum absolute atomic E-state index is 5.23. The fourth-order valence-electron chi connectivity index (χ4n) is 0.680. The van der Waals surface area contributed by atoms with Crippen molar-refractivity contribution in [1.29, 1.82) is 0 Å². The van der Waals surface area contributed by atoms with Gasteiger partial charge in [-0.25, -0.2) is 0 Å². The molecule has 0 heterocycles. The molecule has 0 aliphatic rings. The Balaban J connectivity index is 0. The zero-order chi connectivity index (χ0) is 9.78. The SMILES string of the molecule is Br.NCCOCCOCCOCCBr. The molecule has 4 nitrogen and oxygen atoms in total. The van der Waals surface area contributed by atoms with Crippen LogP contribution in [0.2, 0.25) is 0 Å². The van der Waals surface area contributed by atoms with Crippen LogP contribution in [0.5, 0.6) is 0 Å². The normalized spacial score (nSPS) is 9.86. The highest BCUT2D eigenvalue weighted by atomic mass is 79.9. The number of rotatable bonds is 10. The Morgan fingerprint density at radius 2 is 1.21 bits per heavy atom. The second kappa shape index (κ2) is 16.2. The molecule has 0 saturated heterocycles. The van der Waals surface area contributed by atoms with Gasteiger partial charge in [0.15, 0.2) is 0 Å². The van der Waals surface area contributed by atoms with Gasteiger partial charge >= 0.3 is 0 Å². The largest absolute Gasteiger partial charge is 0.378 e. The van der Waals surface area contributed by atoms with Gasteiger partial charge in [-0.05, 0) is 0 Å². The van der Waals surface area contributed by atoms with Crippen LogP contribution in [0.25, 0.3) is 0 Å². The summed E-state index contributed by atoms with van der Waals surface area (Å²) in [4.78, 5) is 0. The van der Waals surface area contributed by atoms with Gasteiger partial charge in [-0.3, -0.25) is 0 Å². The zero-order valence-electron chi connectivity index (χ0n) is 8.25. The molecule has 0 fully saturated rings. The van der Waals surface area contributed by atoms with E-state index in [-0.39, 0.29) is 17.0 Å². The van der Waals surface area contributed by atoms with E-state index < -0.39 is 0 Å². The molecule has 0 spiro atoms. The van der Waals surface area contributed by atoms with E-state index in [2.05, 4.69) is 15.9 Å². The number of ether oxygens (including phenoxy) is 3. The predicted molar refractivity (Wildman–Crippen MR) is 65.6 cm³/mol. The maximum Gasteiger partial charge on any atom is 0.0701 e. The number of nitrogens with two attached hydrogens (primary N) is 1. The average Bonchev–Trinajstić information content (AvgIpc) is 2.16. The molecule has 14 heavy (non-hydrogen) atoms. The van der Waals surface area contributed by atoms with E-state index in [9.17, 15) is 0 Å². The Labute approximate surface area is 104 Å². The summed E-state index contributed by atoms with van der Waals surface area (Å²) >= 11 is 3.26. The average molecular weight is 337 g/mol. The molecule has 0 aliphatic carbocycles. The third kappa shape index (κ3) is 15.3. The first-order valence-corrected chi connectivity index (χ1v) is 5.53. The summed E-state index contributed by atoms with van der Waals surface area (Å²) in [5.74, 6) is 0. The first kappa shape index (κ1) is 17.2. The summed E-state index contributed by atoms with van der Waals surface area (Å²) in [6, 6.07) is 0. The van der Waals surface area contributed by atoms with Crippen LogP contribution < -0.4 is 5.73 Å². The smallest absolute Gasteiger partial charge is 0.0701 e. The quantitative estimate of drug-likeness (QED) is 0.477. The van der Waals surface area contributed by atoms with E-state index in [4.69, 9.17) is 19.9 Å². The molecular formula is C8H19Br2NO3. The molecule has 0 aliphatic heterocycles. The Hall–Kier alpha value is 0.800. The third-order valence-electron chi connectivity index (χ3n) is 1.23. The van der Waals surface area contributed by atoms with Gasteiger partial charge in [0, 0.05) is 11.9 Å². The molecule has 0 unspecified atom stereocenters. The Bertz CT molecular complexity index is 88.7. The zero-order valence-corrected chi connectivity index (χ0v) is 11.5. The summed E-state index contributed by atoms with van der Waals surface area (Å²) in [5, 5.41) is 0.868. The summed E-state index contributed by atoms with van der Waals surface area (Å²) < 4.78 is 15.5. The molecule has 0 atom stereocenters. The molecule has 0 aromatic carbocycles. The van der Waals surface area contributed by atoms with Crippen LogP contribution in [0.4, 0.5) is 0 Å². The Kier molecular flexibility index (Phi) is 20.0. The standard InChI is InChI=1S/C8H18BrNO3.BrH/c9-1-3-11-5-7-13-8-6-12-4-2-10;/h1-8,10H2;1H. The fourth-order valence-corrected chi connectivity index (χ4v) is 0.909. The lowest BCUT2D eigenvalue weighted by Crippen LogP contribution is -2.13. The monoisotopic (exact) mass is 335 g/mol. The van der Waals surface area contributed by atoms with Gasteiger partial charge in [-0.1, -0.05) is 15.9 Å². The van der Waals surface area contributed by atoms with Crippen molar-refractivity contribution in [3.63, 3.8) is 0 Å². The number of hydrogen-bond donors (Lipinski definition) is 1. The third-order valence-corrected chi connectivity index (χ3v) is 1.55. The highest BCUT2D eigenvalue weighted by molar-refractivity contribution is 9.09. The predicted octanol–water partition coefficient (Wildman–Crippen LogP) is 0.968. The van der Waals surface area contributed by atoms with Crippen LogP contribution >= 0.6 is 32.9 Å². The van der Waals surface area contributed by atoms with E-state index >= 15 is 0 Å². The molecule has 0 saturated carbocycles. The summed E-state index contributed by atoms with van der Waals surface area (Å²) in [6.45, 7) is 4.37. The molecule has 0 rings (SSSR count). The fraction of sp³-hybridized carbons (Fsp3) is 1.00. The molecule has 0 amide bonds. The van der Waals surface area contributed by atoms with Crippen molar-refractivity contribution in [2.45, 2.75) is 0 Å². The van der Waals surface area contributed by atoms with E-state index in [0.717, 1.165) is 11.9 Å². The lowest BCUT2D eigenvalue weighted by Gasteiger charge is -2.04. The first-order chi connectivity index (χ1) is 6.41. The maximum atomic E-state index is 5.23. The minimum atomic E-state index is 0. The van der Waals surface area contributed by atoms with E-state index in [0.29, 0.717) is 39.6 Å². The molecule has 2 N–H and O–H groups in total. The minimum absolute atomic E-state index is 0. The number of halogens is 2. The molecule has 88 valence electrons. The van der Waals surface area contributed by atoms with Crippen molar-refractivity contribution in [2.75, 3.05) is 51.5 Å². The Morgan fingerprint density at radius 3 is 1.64 bits per heavy atom. The van der Waals surface area contributed by atoms with Crippen molar-refractivity contribution in [3.8, 4) is 0 Å². The summed E-state index contributed by atoms with van der Waals surface area (Å²) in [5.41, 5.74) is 5.23. The summed E-state index contributed by atoms with van der Waals surface area (Å²) in [6.07, 6.45) is 0. The molecular weight excluding hydrogens is 318 g/mol. The molecule has 0 aromatic heterocycles. The van der Waals surface area contributed by atoms with Gasteiger partial charge in [-0.2, -0.15) is 0 Å². The van der Waals surface area contributed by atoms with Crippen LogP contribution in [-0.2, 0) is 14.2 Å². The van der Waals surface area contributed by atoms with Crippen molar-refractivity contribution in [1.82, 2.24) is 0 Å². The Morgan fingerprint density at radius 1 is 0.786 bits per heavy atom. The number of alkyl halides is 1. The van der Waals surface area contributed by atoms with Crippen LogP contribution in [-0.4, -0.2) is 51.5 Å². The van der Waals surface area contributed by atoms with Crippen molar-refractivity contribution >= 4 is 32.9 Å². The highest BCUT2D eigenvalue weighted by Gasteiger charge is 1.89. The van der Waals surface area contributed by atoms with Crippen molar-refractivity contribution in [3.05, 3.63) is 0 Å². The second-order valence-electron chi connectivity index (χ2n) is 2.31. The van der Waals surface area contributed by atoms with Crippen molar-refractivity contribution < 1.29 is 14.2 Å². The lowest BCUT2D eigenvalue weighted by atomic mass is 10.7. The van der Waals surface area contributed by atoms with Crippen LogP contribution in [0.15, 0.2) is 0 Å². The van der Waals surface area contributed by atoms with Crippen molar-refractivity contribution in [2.24, 2.45) is 5.73 Å². The van der Waals surface area contributed by atoms with Gasteiger partial charge in [0.1, 0.15) is 0 Å². The van der Waals surface area contributed by atoms with Gasteiger partial charge < -0.3 is 19.9 Å². The highest BCUT2D eigenvalue weighted by Crippen LogP contribution is 1.83.